The molecule has 0 saturated carbocycles. The predicted octanol–water partition coefficient (Wildman–Crippen LogP) is -0.244. The largest absolute Gasteiger partial charge is 0.392 e. The monoisotopic (exact) mass is 216 g/mol. The standard InChI is InChI=1S/C11H24N2O2/c1-10(14)8-12-4-6-13(7-5-12)9-11(2,3)15/h10,14-15H,4-9H2,1-3H3/t10-/m1/s1. The van der Waals surface area contributed by atoms with Crippen LogP contribution in [-0.4, -0.2) is 71.0 Å². The summed E-state index contributed by atoms with van der Waals surface area (Å²) < 4.78 is 0. The van der Waals surface area contributed by atoms with E-state index in [4.69, 9.17) is 0 Å². The van der Waals surface area contributed by atoms with E-state index < -0.39 is 5.60 Å². The Kier molecular flexibility index (Phi) is 4.52. The normalized spacial score (nSPS) is 23.0. The molecule has 1 fully saturated rings. The lowest BCUT2D eigenvalue weighted by molar-refractivity contribution is 0.0114. The van der Waals surface area contributed by atoms with Gasteiger partial charge in [0.25, 0.3) is 0 Å². The van der Waals surface area contributed by atoms with E-state index in [-0.39, 0.29) is 6.10 Å². The van der Waals surface area contributed by atoms with E-state index in [0.29, 0.717) is 0 Å². The second-order valence-corrected chi connectivity index (χ2v) is 5.24. The quantitative estimate of drug-likeness (QED) is 0.681. The molecule has 1 rings (SSSR count). The fourth-order valence-electron chi connectivity index (χ4n) is 2.05. The Morgan fingerprint density at radius 2 is 1.60 bits per heavy atom. The van der Waals surface area contributed by atoms with E-state index in [9.17, 15) is 10.2 Å². The van der Waals surface area contributed by atoms with Crippen LogP contribution in [0.3, 0.4) is 0 Å². The number of rotatable bonds is 4. The first kappa shape index (κ1) is 12.9. The van der Waals surface area contributed by atoms with E-state index in [2.05, 4.69) is 9.80 Å². The van der Waals surface area contributed by atoms with Gasteiger partial charge in [-0.25, -0.2) is 0 Å². The summed E-state index contributed by atoms with van der Waals surface area (Å²) in [6, 6.07) is 0. The van der Waals surface area contributed by atoms with Gasteiger partial charge in [-0.3, -0.25) is 9.80 Å². The van der Waals surface area contributed by atoms with Crippen LogP contribution in [0.25, 0.3) is 0 Å². The summed E-state index contributed by atoms with van der Waals surface area (Å²) in [6.07, 6.45) is -0.245. The van der Waals surface area contributed by atoms with Crippen LogP contribution in [0.4, 0.5) is 0 Å². The SMILES string of the molecule is C[C@@H](O)CN1CCN(CC(C)(C)O)CC1. The molecule has 1 aliphatic heterocycles. The summed E-state index contributed by atoms with van der Waals surface area (Å²) in [7, 11) is 0. The Labute approximate surface area is 92.5 Å². The average Bonchev–Trinajstić information content (AvgIpc) is 2.05. The molecule has 0 amide bonds. The Morgan fingerprint density at radius 3 is 2.00 bits per heavy atom. The van der Waals surface area contributed by atoms with Gasteiger partial charge in [0.05, 0.1) is 11.7 Å². The molecule has 1 saturated heterocycles. The van der Waals surface area contributed by atoms with Gasteiger partial charge in [0.15, 0.2) is 0 Å². The number of aliphatic hydroxyl groups is 2. The third-order valence-corrected chi connectivity index (χ3v) is 2.60. The van der Waals surface area contributed by atoms with Gasteiger partial charge < -0.3 is 10.2 Å². The minimum Gasteiger partial charge on any atom is -0.392 e. The number of hydrogen-bond donors (Lipinski definition) is 2. The van der Waals surface area contributed by atoms with E-state index in [1.165, 1.54) is 0 Å². The van der Waals surface area contributed by atoms with Gasteiger partial charge in [-0.1, -0.05) is 0 Å². The highest BCUT2D eigenvalue weighted by atomic mass is 16.3. The maximum Gasteiger partial charge on any atom is 0.0718 e. The molecule has 15 heavy (non-hydrogen) atoms. The fraction of sp³-hybridized carbons (Fsp3) is 1.00. The van der Waals surface area contributed by atoms with E-state index in [1.807, 2.05) is 20.8 Å². The van der Waals surface area contributed by atoms with Crippen LogP contribution < -0.4 is 0 Å². The van der Waals surface area contributed by atoms with Crippen molar-refractivity contribution in [1.82, 2.24) is 9.80 Å². The van der Waals surface area contributed by atoms with Crippen LogP contribution in [0.2, 0.25) is 0 Å². The van der Waals surface area contributed by atoms with Crippen LogP contribution in [-0.2, 0) is 0 Å². The summed E-state index contributed by atoms with van der Waals surface area (Å²) in [6.45, 7) is 10.9. The van der Waals surface area contributed by atoms with Crippen molar-refractivity contribution in [2.45, 2.75) is 32.5 Å². The Balaban J connectivity index is 2.24. The molecule has 1 aliphatic rings. The summed E-state index contributed by atoms with van der Waals surface area (Å²) in [5, 5.41) is 18.9. The van der Waals surface area contributed by atoms with Gasteiger partial charge in [-0.05, 0) is 20.8 Å². The maximum atomic E-state index is 9.69. The fourth-order valence-corrected chi connectivity index (χ4v) is 2.05. The van der Waals surface area contributed by atoms with Crippen molar-refractivity contribution >= 4 is 0 Å². The van der Waals surface area contributed by atoms with Gasteiger partial charge in [0, 0.05) is 39.3 Å². The zero-order valence-electron chi connectivity index (χ0n) is 10.1. The van der Waals surface area contributed by atoms with Gasteiger partial charge in [-0.2, -0.15) is 0 Å². The molecule has 4 heteroatoms. The van der Waals surface area contributed by atoms with E-state index in [1.54, 1.807) is 0 Å². The minimum absolute atomic E-state index is 0.245. The van der Waals surface area contributed by atoms with Crippen molar-refractivity contribution in [2.24, 2.45) is 0 Å². The van der Waals surface area contributed by atoms with Crippen molar-refractivity contribution in [3.63, 3.8) is 0 Å². The predicted molar refractivity (Wildman–Crippen MR) is 60.9 cm³/mol. The van der Waals surface area contributed by atoms with Crippen molar-refractivity contribution in [2.75, 3.05) is 39.3 Å². The molecular formula is C11H24N2O2. The molecule has 4 nitrogen and oxygen atoms in total. The molecule has 0 spiro atoms. The molecule has 2 N–H and O–H groups in total. The van der Waals surface area contributed by atoms with Crippen LogP contribution in [0.15, 0.2) is 0 Å². The zero-order chi connectivity index (χ0) is 11.5. The molecule has 0 bridgehead atoms. The number of nitrogens with zero attached hydrogens (tertiary/aromatic N) is 2. The van der Waals surface area contributed by atoms with Crippen LogP contribution in [0.5, 0.6) is 0 Å². The second kappa shape index (κ2) is 5.25. The molecule has 0 radical (unpaired) electrons. The minimum atomic E-state index is -0.605. The molecule has 0 unspecified atom stereocenters. The van der Waals surface area contributed by atoms with Crippen molar-refractivity contribution in [3.8, 4) is 0 Å². The molecule has 90 valence electrons. The number of hydrogen-bond acceptors (Lipinski definition) is 4. The topological polar surface area (TPSA) is 46.9 Å². The Bertz CT molecular complexity index is 182. The molecule has 0 aliphatic carbocycles. The Hall–Kier alpha value is -0.160. The first-order chi connectivity index (χ1) is 6.87. The van der Waals surface area contributed by atoms with E-state index in [0.717, 1.165) is 39.3 Å². The van der Waals surface area contributed by atoms with Crippen LogP contribution in [0, 0.1) is 0 Å². The summed E-state index contributed by atoms with van der Waals surface area (Å²) in [5.74, 6) is 0. The maximum absolute atomic E-state index is 9.69. The number of piperazine rings is 1. The molecule has 0 aromatic rings. The third kappa shape index (κ3) is 5.47. The molecular weight excluding hydrogens is 192 g/mol. The first-order valence-corrected chi connectivity index (χ1v) is 5.72. The van der Waals surface area contributed by atoms with Gasteiger partial charge >= 0.3 is 0 Å². The lowest BCUT2D eigenvalue weighted by Crippen LogP contribution is -2.51. The van der Waals surface area contributed by atoms with Crippen molar-refractivity contribution in [3.05, 3.63) is 0 Å². The highest BCUT2D eigenvalue weighted by Crippen LogP contribution is 2.08. The summed E-state index contributed by atoms with van der Waals surface area (Å²) >= 11 is 0. The zero-order valence-corrected chi connectivity index (χ0v) is 10.1. The molecule has 1 atom stereocenters. The lowest BCUT2D eigenvalue weighted by Gasteiger charge is -2.37. The van der Waals surface area contributed by atoms with Crippen molar-refractivity contribution in [1.29, 1.82) is 0 Å². The molecule has 0 aromatic carbocycles. The molecule has 0 aromatic heterocycles. The van der Waals surface area contributed by atoms with Gasteiger partial charge in [0.1, 0.15) is 0 Å². The Morgan fingerprint density at radius 1 is 1.13 bits per heavy atom. The highest BCUT2D eigenvalue weighted by molar-refractivity contribution is 4.78. The number of β-amino-alcohol motifs (C(OH)–C–C–N with tert-alkyl or cyclic N) is 2. The summed E-state index contributed by atoms with van der Waals surface area (Å²) in [4.78, 5) is 4.55. The number of aliphatic hydroxyl groups excluding tert-OH is 1. The first-order valence-electron chi connectivity index (χ1n) is 5.72. The van der Waals surface area contributed by atoms with Gasteiger partial charge in [0.2, 0.25) is 0 Å². The highest BCUT2D eigenvalue weighted by Gasteiger charge is 2.22. The molecule has 1 heterocycles. The smallest absolute Gasteiger partial charge is 0.0718 e. The average molecular weight is 216 g/mol. The second-order valence-electron chi connectivity index (χ2n) is 5.24. The third-order valence-electron chi connectivity index (χ3n) is 2.60. The lowest BCUT2D eigenvalue weighted by atomic mass is 10.1. The van der Waals surface area contributed by atoms with Crippen LogP contribution >= 0.6 is 0 Å². The van der Waals surface area contributed by atoms with Gasteiger partial charge in [-0.15, -0.1) is 0 Å². The van der Waals surface area contributed by atoms with Crippen LogP contribution in [0.1, 0.15) is 20.8 Å². The summed E-state index contributed by atoms with van der Waals surface area (Å²) in [5.41, 5.74) is -0.605. The van der Waals surface area contributed by atoms with Crippen molar-refractivity contribution < 1.29 is 10.2 Å². The van der Waals surface area contributed by atoms with E-state index >= 15 is 0 Å².